The quantitative estimate of drug-likeness (QED) is 0.812. The Labute approximate surface area is 95.3 Å². The van der Waals surface area contributed by atoms with Crippen molar-refractivity contribution >= 4 is 22.4 Å². The van der Waals surface area contributed by atoms with Crippen LogP contribution in [0.2, 0.25) is 0 Å². The Morgan fingerprint density at radius 2 is 2.00 bits per heavy atom. The van der Waals surface area contributed by atoms with Gasteiger partial charge in [-0.2, -0.15) is 0 Å². The van der Waals surface area contributed by atoms with Crippen LogP contribution < -0.4 is 5.32 Å². The zero-order valence-corrected chi connectivity index (χ0v) is 9.58. The van der Waals surface area contributed by atoms with E-state index in [1.807, 2.05) is 38.1 Å². The van der Waals surface area contributed by atoms with Gasteiger partial charge in [0.2, 0.25) is 5.91 Å². The molecular formula is C14H15NO. The predicted octanol–water partition coefficient (Wildman–Crippen LogP) is 3.50. The van der Waals surface area contributed by atoms with Crippen LogP contribution in [-0.2, 0) is 4.79 Å². The molecule has 2 heteroatoms. The molecule has 0 fully saturated rings. The number of carbonyl (C=O) groups is 1. The second-order valence-electron chi connectivity index (χ2n) is 3.94. The minimum Gasteiger partial charge on any atom is -0.326 e. The molecule has 0 aliphatic carbocycles. The first-order valence-electron chi connectivity index (χ1n) is 5.50. The summed E-state index contributed by atoms with van der Waals surface area (Å²) in [6.45, 7) is 3.89. The van der Waals surface area contributed by atoms with Crippen LogP contribution in [0.5, 0.6) is 0 Å². The van der Waals surface area contributed by atoms with Crippen LogP contribution in [0.1, 0.15) is 18.9 Å². The van der Waals surface area contributed by atoms with Crippen molar-refractivity contribution in [2.24, 2.45) is 0 Å². The molecule has 0 unspecified atom stereocenters. The van der Waals surface area contributed by atoms with Crippen LogP contribution in [0.25, 0.3) is 10.8 Å². The van der Waals surface area contributed by atoms with Crippen molar-refractivity contribution < 1.29 is 4.79 Å². The molecule has 0 bridgehead atoms. The molecule has 2 nitrogen and oxygen atoms in total. The van der Waals surface area contributed by atoms with Gasteiger partial charge in [0, 0.05) is 17.5 Å². The van der Waals surface area contributed by atoms with E-state index in [9.17, 15) is 4.79 Å². The predicted molar refractivity (Wildman–Crippen MR) is 67.6 cm³/mol. The van der Waals surface area contributed by atoms with E-state index in [1.165, 1.54) is 0 Å². The number of aryl methyl sites for hydroxylation is 1. The molecule has 0 aromatic heterocycles. The van der Waals surface area contributed by atoms with E-state index in [0.717, 1.165) is 22.0 Å². The van der Waals surface area contributed by atoms with Gasteiger partial charge in [0.15, 0.2) is 0 Å². The molecule has 0 aliphatic rings. The maximum absolute atomic E-state index is 11.4. The molecule has 82 valence electrons. The number of hydrogen-bond donors (Lipinski definition) is 1. The van der Waals surface area contributed by atoms with E-state index >= 15 is 0 Å². The summed E-state index contributed by atoms with van der Waals surface area (Å²) in [4.78, 5) is 11.4. The smallest absolute Gasteiger partial charge is 0.224 e. The SMILES string of the molecule is CCC(=O)Nc1cc(C)cc2ccccc12. The lowest BCUT2D eigenvalue weighted by Crippen LogP contribution is -2.09. The number of amides is 1. The highest BCUT2D eigenvalue weighted by Gasteiger charge is 2.04. The van der Waals surface area contributed by atoms with E-state index in [2.05, 4.69) is 17.4 Å². The number of nitrogens with one attached hydrogen (secondary N) is 1. The van der Waals surface area contributed by atoms with E-state index < -0.39 is 0 Å². The van der Waals surface area contributed by atoms with Gasteiger partial charge in [-0.1, -0.05) is 37.3 Å². The summed E-state index contributed by atoms with van der Waals surface area (Å²) in [7, 11) is 0. The lowest BCUT2D eigenvalue weighted by atomic mass is 10.1. The van der Waals surface area contributed by atoms with E-state index in [0.29, 0.717) is 6.42 Å². The lowest BCUT2D eigenvalue weighted by Gasteiger charge is -2.09. The first kappa shape index (κ1) is 10.7. The molecule has 0 radical (unpaired) electrons. The molecule has 0 spiro atoms. The Bertz CT molecular complexity index is 531. The lowest BCUT2D eigenvalue weighted by molar-refractivity contribution is -0.115. The molecule has 0 atom stereocenters. The number of hydrogen-bond acceptors (Lipinski definition) is 1. The third-order valence-corrected chi connectivity index (χ3v) is 2.60. The van der Waals surface area contributed by atoms with Crippen LogP contribution >= 0.6 is 0 Å². The molecule has 2 aromatic rings. The van der Waals surface area contributed by atoms with Gasteiger partial charge in [-0.3, -0.25) is 4.79 Å². The standard InChI is InChI=1S/C14H15NO/c1-3-14(16)15-13-9-10(2)8-11-6-4-5-7-12(11)13/h4-9H,3H2,1-2H3,(H,15,16). The Kier molecular flexibility index (Phi) is 2.91. The van der Waals surface area contributed by atoms with Gasteiger partial charge in [0.1, 0.15) is 0 Å². The molecular weight excluding hydrogens is 198 g/mol. The number of rotatable bonds is 2. The summed E-state index contributed by atoms with van der Waals surface area (Å²) >= 11 is 0. The topological polar surface area (TPSA) is 29.1 Å². The second kappa shape index (κ2) is 4.35. The van der Waals surface area contributed by atoms with Crippen molar-refractivity contribution in [1.82, 2.24) is 0 Å². The molecule has 2 rings (SSSR count). The molecule has 0 aliphatic heterocycles. The molecule has 0 saturated heterocycles. The van der Waals surface area contributed by atoms with E-state index in [4.69, 9.17) is 0 Å². The zero-order valence-electron chi connectivity index (χ0n) is 9.58. The Hall–Kier alpha value is -1.83. The number of fused-ring (bicyclic) bond motifs is 1. The van der Waals surface area contributed by atoms with Crippen LogP contribution in [0.15, 0.2) is 36.4 Å². The summed E-state index contributed by atoms with van der Waals surface area (Å²) in [6.07, 6.45) is 0.502. The molecule has 2 aromatic carbocycles. The molecule has 1 N–H and O–H groups in total. The van der Waals surface area contributed by atoms with Crippen LogP contribution in [0.3, 0.4) is 0 Å². The zero-order chi connectivity index (χ0) is 11.5. The highest BCUT2D eigenvalue weighted by Crippen LogP contribution is 2.25. The van der Waals surface area contributed by atoms with Gasteiger partial charge in [-0.05, 0) is 23.9 Å². The van der Waals surface area contributed by atoms with Gasteiger partial charge in [0.25, 0.3) is 0 Å². The molecule has 0 heterocycles. The van der Waals surface area contributed by atoms with E-state index in [-0.39, 0.29) is 5.91 Å². The first-order valence-corrected chi connectivity index (χ1v) is 5.50. The van der Waals surface area contributed by atoms with Crippen molar-refractivity contribution in [1.29, 1.82) is 0 Å². The maximum Gasteiger partial charge on any atom is 0.224 e. The number of benzene rings is 2. The Balaban J connectivity index is 2.54. The van der Waals surface area contributed by atoms with Gasteiger partial charge < -0.3 is 5.32 Å². The largest absolute Gasteiger partial charge is 0.326 e. The third kappa shape index (κ3) is 2.06. The van der Waals surface area contributed by atoms with Crippen LogP contribution in [0.4, 0.5) is 5.69 Å². The van der Waals surface area contributed by atoms with Crippen LogP contribution in [-0.4, -0.2) is 5.91 Å². The molecule has 1 amide bonds. The van der Waals surface area contributed by atoms with Crippen molar-refractivity contribution in [3.8, 4) is 0 Å². The van der Waals surface area contributed by atoms with Crippen molar-refractivity contribution in [3.63, 3.8) is 0 Å². The van der Waals surface area contributed by atoms with Gasteiger partial charge in [-0.15, -0.1) is 0 Å². The fourth-order valence-electron chi connectivity index (χ4n) is 1.80. The van der Waals surface area contributed by atoms with Gasteiger partial charge >= 0.3 is 0 Å². The van der Waals surface area contributed by atoms with Crippen molar-refractivity contribution in [2.75, 3.05) is 5.32 Å². The van der Waals surface area contributed by atoms with Crippen LogP contribution in [0, 0.1) is 6.92 Å². The molecule has 16 heavy (non-hydrogen) atoms. The second-order valence-corrected chi connectivity index (χ2v) is 3.94. The summed E-state index contributed by atoms with van der Waals surface area (Å²) in [5.41, 5.74) is 2.06. The number of carbonyl (C=O) groups excluding carboxylic acids is 1. The fraction of sp³-hybridized carbons (Fsp3) is 0.214. The van der Waals surface area contributed by atoms with E-state index in [1.54, 1.807) is 0 Å². The van der Waals surface area contributed by atoms with Gasteiger partial charge in [-0.25, -0.2) is 0 Å². The highest BCUT2D eigenvalue weighted by molar-refractivity contribution is 6.02. The summed E-state index contributed by atoms with van der Waals surface area (Å²) in [6, 6.07) is 12.2. The normalized spacial score (nSPS) is 10.4. The minimum atomic E-state index is 0.0516. The summed E-state index contributed by atoms with van der Waals surface area (Å²) < 4.78 is 0. The maximum atomic E-state index is 11.4. The average Bonchev–Trinajstić information content (AvgIpc) is 2.28. The van der Waals surface area contributed by atoms with Crippen molar-refractivity contribution in [3.05, 3.63) is 42.0 Å². The number of anilines is 1. The first-order chi connectivity index (χ1) is 7.70. The summed E-state index contributed by atoms with van der Waals surface area (Å²) in [5, 5.41) is 5.19. The Morgan fingerprint density at radius 3 is 2.75 bits per heavy atom. The average molecular weight is 213 g/mol. The molecule has 0 saturated carbocycles. The van der Waals surface area contributed by atoms with Gasteiger partial charge in [0.05, 0.1) is 0 Å². The van der Waals surface area contributed by atoms with Crippen molar-refractivity contribution in [2.45, 2.75) is 20.3 Å². The highest BCUT2D eigenvalue weighted by atomic mass is 16.1. The fourth-order valence-corrected chi connectivity index (χ4v) is 1.80. The minimum absolute atomic E-state index is 0.0516. The summed E-state index contributed by atoms with van der Waals surface area (Å²) in [5.74, 6) is 0.0516. The third-order valence-electron chi connectivity index (χ3n) is 2.60. The Morgan fingerprint density at radius 1 is 1.25 bits per heavy atom. The monoisotopic (exact) mass is 213 g/mol.